The number of carbonyl (C=O) groups excluding carboxylic acids is 2. The van der Waals surface area contributed by atoms with Crippen LogP contribution in [0.3, 0.4) is 0 Å². The Labute approximate surface area is 164 Å². The Bertz CT molecular complexity index is 1020. The molecule has 0 heterocycles. The van der Waals surface area contributed by atoms with Crippen LogP contribution in [0.25, 0.3) is 0 Å². The van der Waals surface area contributed by atoms with Gasteiger partial charge in [-0.15, -0.1) is 0 Å². The van der Waals surface area contributed by atoms with E-state index < -0.39 is 11.9 Å². The van der Waals surface area contributed by atoms with Gasteiger partial charge in [0.2, 0.25) is 0 Å². The molecule has 0 unspecified atom stereocenters. The highest BCUT2D eigenvalue weighted by molar-refractivity contribution is 5.94. The zero-order valence-corrected chi connectivity index (χ0v) is 16.4. The van der Waals surface area contributed by atoms with Crippen molar-refractivity contribution in [2.75, 3.05) is 0 Å². The van der Waals surface area contributed by atoms with Gasteiger partial charge in [-0.2, -0.15) is 0 Å². The molecule has 142 valence electrons. The molecule has 0 fully saturated rings. The van der Waals surface area contributed by atoms with Gasteiger partial charge < -0.3 is 9.47 Å². The van der Waals surface area contributed by atoms with Crippen LogP contribution >= 0.6 is 0 Å². The van der Waals surface area contributed by atoms with Gasteiger partial charge in [-0.3, -0.25) is 0 Å². The maximum absolute atomic E-state index is 12.5. The number of rotatable bonds is 4. The Morgan fingerprint density at radius 2 is 1.18 bits per heavy atom. The van der Waals surface area contributed by atoms with Gasteiger partial charge in [0.25, 0.3) is 0 Å². The van der Waals surface area contributed by atoms with Crippen LogP contribution in [0, 0.1) is 27.7 Å². The highest BCUT2D eigenvalue weighted by Crippen LogP contribution is 2.26. The third kappa shape index (κ3) is 4.29. The summed E-state index contributed by atoms with van der Waals surface area (Å²) in [5, 5.41) is 0. The molecule has 0 saturated heterocycles. The molecular formula is C24H22O4. The van der Waals surface area contributed by atoms with Gasteiger partial charge in [0, 0.05) is 0 Å². The first kappa shape index (κ1) is 19.4. The highest BCUT2D eigenvalue weighted by Gasteiger charge is 2.17. The Balaban J connectivity index is 1.78. The van der Waals surface area contributed by atoms with Crippen molar-refractivity contribution in [3.63, 3.8) is 0 Å². The van der Waals surface area contributed by atoms with Crippen LogP contribution < -0.4 is 9.47 Å². The minimum Gasteiger partial charge on any atom is -0.423 e. The zero-order valence-electron chi connectivity index (χ0n) is 16.4. The molecule has 0 aliphatic heterocycles. The first-order valence-corrected chi connectivity index (χ1v) is 9.03. The maximum Gasteiger partial charge on any atom is 0.343 e. The van der Waals surface area contributed by atoms with E-state index in [9.17, 15) is 9.59 Å². The van der Waals surface area contributed by atoms with Gasteiger partial charge in [0.15, 0.2) is 0 Å². The van der Waals surface area contributed by atoms with Crippen molar-refractivity contribution in [1.29, 1.82) is 0 Å². The van der Waals surface area contributed by atoms with E-state index in [1.807, 2.05) is 52.0 Å². The molecule has 0 N–H and O–H groups in total. The van der Waals surface area contributed by atoms with Gasteiger partial charge in [0.05, 0.1) is 11.1 Å². The summed E-state index contributed by atoms with van der Waals surface area (Å²) in [4.78, 5) is 24.9. The van der Waals surface area contributed by atoms with Crippen LogP contribution in [-0.4, -0.2) is 11.9 Å². The lowest BCUT2D eigenvalue weighted by Gasteiger charge is -2.13. The van der Waals surface area contributed by atoms with Crippen LogP contribution in [0.5, 0.6) is 11.5 Å². The average Bonchev–Trinajstić information content (AvgIpc) is 2.67. The minimum absolute atomic E-state index is 0.426. The Morgan fingerprint density at radius 1 is 0.607 bits per heavy atom. The molecule has 0 aliphatic carbocycles. The Hall–Kier alpha value is -3.40. The predicted octanol–water partition coefficient (Wildman–Crippen LogP) is 5.36. The molecule has 0 spiro atoms. The second kappa shape index (κ2) is 8.09. The smallest absolute Gasteiger partial charge is 0.343 e. The molecule has 0 aliphatic rings. The third-order valence-electron chi connectivity index (χ3n) is 4.68. The lowest BCUT2D eigenvalue weighted by atomic mass is 10.0. The molecule has 0 amide bonds. The average molecular weight is 374 g/mol. The predicted molar refractivity (Wildman–Crippen MR) is 108 cm³/mol. The maximum atomic E-state index is 12.5. The summed E-state index contributed by atoms with van der Waals surface area (Å²) in [5.74, 6) is 0.0378. The summed E-state index contributed by atoms with van der Waals surface area (Å²) in [5.41, 5.74) is 4.51. The van der Waals surface area contributed by atoms with E-state index in [1.54, 1.807) is 36.4 Å². The van der Waals surface area contributed by atoms with E-state index in [1.165, 1.54) is 0 Å². The lowest BCUT2D eigenvalue weighted by Crippen LogP contribution is -2.13. The number of carbonyl (C=O) groups is 2. The second-order valence-corrected chi connectivity index (χ2v) is 6.82. The molecule has 3 aromatic rings. The van der Waals surface area contributed by atoms with Crippen LogP contribution in [0.2, 0.25) is 0 Å². The standard InChI is InChI=1S/C24H22O4/c1-15-5-9-19(10-6-15)23(25)28-22-14-13-21(17(3)18(22)4)24(26)27-20-11-7-16(2)8-12-20/h5-14H,1-4H3. The summed E-state index contributed by atoms with van der Waals surface area (Å²) in [7, 11) is 0. The molecule has 4 heteroatoms. The normalized spacial score (nSPS) is 10.4. The fourth-order valence-corrected chi connectivity index (χ4v) is 2.74. The largest absolute Gasteiger partial charge is 0.423 e. The number of benzene rings is 3. The minimum atomic E-state index is -0.444. The zero-order chi connectivity index (χ0) is 20.3. The number of ether oxygens (including phenoxy) is 2. The van der Waals surface area contributed by atoms with E-state index in [4.69, 9.17) is 9.47 Å². The van der Waals surface area contributed by atoms with Crippen molar-refractivity contribution < 1.29 is 19.1 Å². The van der Waals surface area contributed by atoms with Crippen molar-refractivity contribution in [2.45, 2.75) is 27.7 Å². The number of esters is 2. The lowest BCUT2D eigenvalue weighted by molar-refractivity contribution is 0.0730. The van der Waals surface area contributed by atoms with E-state index >= 15 is 0 Å². The summed E-state index contributed by atoms with van der Waals surface area (Å²) >= 11 is 0. The van der Waals surface area contributed by atoms with Crippen molar-refractivity contribution >= 4 is 11.9 Å². The highest BCUT2D eigenvalue weighted by atomic mass is 16.5. The molecule has 0 aromatic heterocycles. The van der Waals surface area contributed by atoms with Gasteiger partial charge in [-0.1, -0.05) is 35.4 Å². The first-order valence-electron chi connectivity index (χ1n) is 9.03. The fraction of sp³-hybridized carbons (Fsp3) is 0.167. The van der Waals surface area contributed by atoms with Gasteiger partial charge >= 0.3 is 11.9 Å². The van der Waals surface area contributed by atoms with E-state index in [0.29, 0.717) is 28.2 Å². The molecule has 0 saturated carbocycles. The van der Waals surface area contributed by atoms with Gasteiger partial charge in [0.1, 0.15) is 11.5 Å². The van der Waals surface area contributed by atoms with Crippen LogP contribution in [0.15, 0.2) is 60.7 Å². The summed E-state index contributed by atoms with van der Waals surface area (Å²) in [6, 6.07) is 17.7. The third-order valence-corrected chi connectivity index (χ3v) is 4.68. The van der Waals surface area contributed by atoms with Crippen LogP contribution in [0.1, 0.15) is 43.0 Å². The molecule has 3 rings (SSSR count). The number of hydrogen-bond acceptors (Lipinski definition) is 4. The van der Waals surface area contributed by atoms with Crippen molar-refractivity contribution in [1.82, 2.24) is 0 Å². The molecule has 0 bridgehead atoms. The van der Waals surface area contributed by atoms with Crippen molar-refractivity contribution in [3.05, 3.63) is 94.0 Å². The molecule has 4 nitrogen and oxygen atoms in total. The molecule has 3 aromatic carbocycles. The Morgan fingerprint density at radius 3 is 1.79 bits per heavy atom. The summed E-state index contributed by atoms with van der Waals surface area (Å²) in [6.45, 7) is 7.55. The van der Waals surface area contributed by atoms with Crippen molar-refractivity contribution in [2.24, 2.45) is 0 Å². The first-order chi connectivity index (χ1) is 13.3. The molecule has 28 heavy (non-hydrogen) atoms. The topological polar surface area (TPSA) is 52.6 Å². The quantitative estimate of drug-likeness (QED) is 0.456. The fourth-order valence-electron chi connectivity index (χ4n) is 2.74. The van der Waals surface area contributed by atoms with E-state index in [2.05, 4.69) is 0 Å². The van der Waals surface area contributed by atoms with Gasteiger partial charge in [-0.05, 0) is 75.2 Å². The monoisotopic (exact) mass is 374 g/mol. The summed E-state index contributed by atoms with van der Waals surface area (Å²) < 4.78 is 11.0. The summed E-state index contributed by atoms with van der Waals surface area (Å²) in [6.07, 6.45) is 0. The van der Waals surface area contributed by atoms with E-state index in [-0.39, 0.29) is 0 Å². The van der Waals surface area contributed by atoms with Crippen LogP contribution in [0.4, 0.5) is 0 Å². The van der Waals surface area contributed by atoms with Gasteiger partial charge in [-0.25, -0.2) is 9.59 Å². The van der Waals surface area contributed by atoms with E-state index in [0.717, 1.165) is 16.7 Å². The van der Waals surface area contributed by atoms with Crippen LogP contribution in [-0.2, 0) is 0 Å². The van der Waals surface area contributed by atoms with Crippen molar-refractivity contribution in [3.8, 4) is 11.5 Å². The Kier molecular flexibility index (Phi) is 5.59. The molecule has 0 radical (unpaired) electrons. The molecular weight excluding hydrogens is 352 g/mol. The SMILES string of the molecule is Cc1ccc(OC(=O)c2ccc(OC(=O)c3ccc(C)cc3)c(C)c2C)cc1. The molecule has 0 atom stereocenters. The number of hydrogen-bond donors (Lipinski definition) is 0. The second-order valence-electron chi connectivity index (χ2n) is 6.82. The number of aryl methyl sites for hydroxylation is 2.